The first-order chi connectivity index (χ1) is 11.8. The molecule has 1 amide bonds. The zero-order chi connectivity index (χ0) is 18.2. The number of hydrogen-bond acceptors (Lipinski definition) is 5. The maximum absolute atomic E-state index is 12.0. The molecule has 7 nitrogen and oxygen atoms in total. The highest BCUT2D eigenvalue weighted by molar-refractivity contribution is 7.88. The second-order valence-corrected chi connectivity index (χ2v) is 8.73. The first-order valence-corrected chi connectivity index (χ1v) is 10.3. The van der Waals surface area contributed by atoms with Gasteiger partial charge in [0.25, 0.3) is 0 Å². The van der Waals surface area contributed by atoms with Crippen molar-refractivity contribution in [2.24, 2.45) is 5.92 Å². The molecule has 0 aromatic heterocycles. The van der Waals surface area contributed by atoms with Crippen LogP contribution in [0.1, 0.15) is 6.42 Å². The minimum absolute atomic E-state index is 0.103. The summed E-state index contributed by atoms with van der Waals surface area (Å²) in [6, 6.07) is 7.51. The van der Waals surface area contributed by atoms with E-state index >= 15 is 0 Å². The second-order valence-electron chi connectivity index (χ2n) is 6.37. The summed E-state index contributed by atoms with van der Waals surface area (Å²) in [4.78, 5) is 27.0. The van der Waals surface area contributed by atoms with Gasteiger partial charge >= 0.3 is 0 Å². The van der Waals surface area contributed by atoms with E-state index in [1.165, 1.54) is 10.6 Å². The van der Waals surface area contributed by atoms with Crippen LogP contribution < -0.4 is 9.80 Å². The lowest BCUT2D eigenvalue weighted by molar-refractivity contribution is -0.120. The van der Waals surface area contributed by atoms with Crippen LogP contribution in [0.25, 0.3) is 0 Å². The van der Waals surface area contributed by atoms with Crippen molar-refractivity contribution in [3.05, 3.63) is 24.3 Å². The highest BCUT2D eigenvalue weighted by Gasteiger charge is 2.34. The van der Waals surface area contributed by atoms with Crippen molar-refractivity contribution in [2.45, 2.75) is 6.42 Å². The Morgan fingerprint density at radius 2 is 1.64 bits per heavy atom. The lowest BCUT2D eigenvalue weighted by Gasteiger charge is -2.34. The molecule has 136 valence electrons. The fourth-order valence-corrected chi connectivity index (χ4v) is 4.20. The third-order valence-corrected chi connectivity index (χ3v) is 6.29. The Kier molecular flexibility index (Phi) is 5.04. The molecule has 9 heteroatoms. The highest BCUT2D eigenvalue weighted by atomic mass is 35.5. The molecule has 2 fully saturated rings. The van der Waals surface area contributed by atoms with Gasteiger partial charge in [0.1, 0.15) is 0 Å². The van der Waals surface area contributed by atoms with E-state index in [1.54, 1.807) is 4.90 Å². The van der Waals surface area contributed by atoms with E-state index in [0.29, 0.717) is 32.7 Å². The second kappa shape index (κ2) is 6.93. The summed E-state index contributed by atoms with van der Waals surface area (Å²) in [6.07, 6.45) is 1.38. The fraction of sp³-hybridized carbons (Fsp3) is 0.500. The molecule has 0 unspecified atom stereocenters. The van der Waals surface area contributed by atoms with Gasteiger partial charge in [-0.1, -0.05) is 0 Å². The summed E-state index contributed by atoms with van der Waals surface area (Å²) in [6.45, 7) is 2.48. The molecular formula is C16H20ClN3O4S. The van der Waals surface area contributed by atoms with Crippen LogP contribution >= 0.6 is 11.6 Å². The van der Waals surface area contributed by atoms with Crippen molar-refractivity contribution in [1.29, 1.82) is 0 Å². The zero-order valence-electron chi connectivity index (χ0n) is 13.9. The van der Waals surface area contributed by atoms with E-state index in [2.05, 4.69) is 4.90 Å². The molecule has 0 spiro atoms. The van der Waals surface area contributed by atoms with Gasteiger partial charge in [0.2, 0.25) is 21.2 Å². The third kappa shape index (κ3) is 3.96. The highest BCUT2D eigenvalue weighted by Crippen LogP contribution is 2.28. The van der Waals surface area contributed by atoms with Gasteiger partial charge < -0.3 is 9.80 Å². The number of sulfonamides is 1. The standard InChI is InChI=1S/C16H20ClN3O4S/c1-25(23,24)19-8-6-18(7-9-19)13-2-4-14(5-3-13)20-11-12(16(17)22)10-15(20)21/h2-5,12H,6-11H2,1H3/t12-/m0/s1. The van der Waals surface area contributed by atoms with Gasteiger partial charge in [-0.15, -0.1) is 0 Å². The van der Waals surface area contributed by atoms with Crippen molar-refractivity contribution < 1.29 is 18.0 Å². The molecule has 2 aliphatic heterocycles. The van der Waals surface area contributed by atoms with Gasteiger partial charge in [-0.25, -0.2) is 8.42 Å². The number of amides is 1. The topological polar surface area (TPSA) is 78.0 Å². The Hall–Kier alpha value is -1.64. The number of anilines is 2. The van der Waals surface area contributed by atoms with Gasteiger partial charge in [0, 0.05) is 50.5 Å². The normalized spacial score (nSPS) is 22.5. The van der Waals surface area contributed by atoms with Crippen molar-refractivity contribution >= 4 is 44.1 Å². The Labute approximate surface area is 152 Å². The van der Waals surface area contributed by atoms with Gasteiger partial charge in [-0.05, 0) is 35.9 Å². The molecule has 2 heterocycles. The van der Waals surface area contributed by atoms with Crippen LogP contribution in [0.4, 0.5) is 11.4 Å². The lowest BCUT2D eigenvalue weighted by Crippen LogP contribution is -2.48. The van der Waals surface area contributed by atoms with Gasteiger partial charge in [-0.2, -0.15) is 4.31 Å². The van der Waals surface area contributed by atoms with E-state index in [0.717, 1.165) is 11.4 Å². The number of carbonyl (C=O) groups is 2. The van der Waals surface area contributed by atoms with Crippen LogP contribution in [0.15, 0.2) is 24.3 Å². The van der Waals surface area contributed by atoms with Crippen LogP contribution in [0.2, 0.25) is 0 Å². The van der Waals surface area contributed by atoms with E-state index in [9.17, 15) is 18.0 Å². The summed E-state index contributed by atoms with van der Waals surface area (Å²) >= 11 is 5.50. The molecule has 0 aliphatic carbocycles. The van der Waals surface area contributed by atoms with E-state index < -0.39 is 21.2 Å². The number of benzene rings is 1. The quantitative estimate of drug-likeness (QED) is 0.719. The molecule has 0 saturated carbocycles. The average Bonchev–Trinajstić information content (AvgIpc) is 2.96. The molecule has 2 aliphatic rings. The summed E-state index contributed by atoms with van der Waals surface area (Å²) in [5.41, 5.74) is 1.72. The van der Waals surface area contributed by atoms with Gasteiger partial charge in [-0.3, -0.25) is 9.59 Å². The molecule has 0 N–H and O–H groups in total. The smallest absolute Gasteiger partial charge is 0.227 e. The predicted molar refractivity (Wildman–Crippen MR) is 96.4 cm³/mol. The largest absolute Gasteiger partial charge is 0.369 e. The monoisotopic (exact) mass is 385 g/mol. The SMILES string of the molecule is CS(=O)(=O)N1CCN(c2ccc(N3C[C@@H](C(=O)Cl)CC3=O)cc2)CC1. The Morgan fingerprint density at radius 1 is 1.08 bits per heavy atom. The number of nitrogens with zero attached hydrogens (tertiary/aromatic N) is 3. The molecule has 25 heavy (non-hydrogen) atoms. The Morgan fingerprint density at radius 3 is 2.12 bits per heavy atom. The summed E-state index contributed by atoms with van der Waals surface area (Å²) in [5.74, 6) is -0.550. The first kappa shape index (κ1) is 18.2. The van der Waals surface area contributed by atoms with Gasteiger partial charge in [0.05, 0.1) is 12.2 Å². The molecule has 0 radical (unpaired) electrons. The van der Waals surface area contributed by atoms with E-state index in [4.69, 9.17) is 11.6 Å². The minimum Gasteiger partial charge on any atom is -0.369 e. The summed E-state index contributed by atoms with van der Waals surface area (Å²) in [5, 5.41) is -0.476. The molecule has 1 atom stereocenters. The minimum atomic E-state index is -3.14. The molecular weight excluding hydrogens is 366 g/mol. The maximum atomic E-state index is 12.0. The van der Waals surface area contributed by atoms with Crippen LogP contribution in [0, 0.1) is 5.92 Å². The van der Waals surface area contributed by atoms with Crippen molar-refractivity contribution in [3.8, 4) is 0 Å². The van der Waals surface area contributed by atoms with Crippen LogP contribution in [-0.2, 0) is 19.6 Å². The fourth-order valence-electron chi connectivity index (χ4n) is 3.23. The number of hydrogen-bond donors (Lipinski definition) is 0. The number of halogens is 1. The average molecular weight is 386 g/mol. The van der Waals surface area contributed by atoms with Gasteiger partial charge in [0.15, 0.2) is 0 Å². The van der Waals surface area contributed by atoms with Crippen molar-refractivity contribution in [2.75, 3.05) is 48.8 Å². The Balaban J connectivity index is 1.66. The molecule has 2 saturated heterocycles. The predicted octanol–water partition coefficient (Wildman–Crippen LogP) is 0.886. The third-order valence-electron chi connectivity index (χ3n) is 4.68. The Bertz CT molecular complexity index is 773. The van der Waals surface area contributed by atoms with Crippen LogP contribution in [0.5, 0.6) is 0 Å². The summed E-state index contributed by atoms with van der Waals surface area (Å²) in [7, 11) is -3.14. The van der Waals surface area contributed by atoms with Crippen molar-refractivity contribution in [1.82, 2.24) is 4.31 Å². The lowest BCUT2D eigenvalue weighted by atomic mass is 10.1. The molecule has 0 bridgehead atoms. The van der Waals surface area contributed by atoms with Crippen LogP contribution in [0.3, 0.4) is 0 Å². The number of rotatable bonds is 4. The maximum Gasteiger partial charge on any atom is 0.227 e. The van der Waals surface area contributed by atoms with E-state index in [-0.39, 0.29) is 12.3 Å². The molecule has 1 aromatic carbocycles. The molecule has 1 aromatic rings. The first-order valence-electron chi connectivity index (χ1n) is 8.05. The summed E-state index contributed by atoms with van der Waals surface area (Å²) < 4.78 is 24.6. The number of piperazine rings is 1. The number of carbonyl (C=O) groups excluding carboxylic acids is 2. The van der Waals surface area contributed by atoms with Crippen molar-refractivity contribution in [3.63, 3.8) is 0 Å². The zero-order valence-corrected chi connectivity index (χ0v) is 15.5. The van der Waals surface area contributed by atoms with Crippen LogP contribution in [-0.4, -0.2) is 62.9 Å². The molecule has 3 rings (SSSR count). The van der Waals surface area contributed by atoms with E-state index in [1.807, 2.05) is 24.3 Å².